The highest BCUT2D eigenvalue weighted by molar-refractivity contribution is 6.38. The van der Waals surface area contributed by atoms with Gasteiger partial charge in [0.15, 0.2) is 5.69 Å². The van der Waals surface area contributed by atoms with Gasteiger partial charge >= 0.3 is 17.6 Å². The van der Waals surface area contributed by atoms with Gasteiger partial charge in [0.2, 0.25) is 0 Å². The third kappa shape index (κ3) is 3.91. The monoisotopic (exact) mass is 458 g/mol. The summed E-state index contributed by atoms with van der Waals surface area (Å²) in [7, 11) is 0. The first kappa shape index (κ1) is 21.9. The van der Waals surface area contributed by atoms with Crippen molar-refractivity contribution in [2.75, 3.05) is 5.32 Å². The summed E-state index contributed by atoms with van der Waals surface area (Å²) >= 11 is 17.6. The number of halogens is 6. The summed E-state index contributed by atoms with van der Waals surface area (Å²) in [6.45, 7) is 2.96. The van der Waals surface area contributed by atoms with E-state index in [9.17, 15) is 33.4 Å². The standard InChI is InChI=1S/C14H8Cl3F3N4O4/c1-4-8(15)5(2)21-13(9(4)16)22-11-7(23(25)26)3-6(14(18,19)20)10(17)12(11)24(27)28/h3H,1-2H3,(H,21,22). The quantitative estimate of drug-likeness (QED) is 0.428. The van der Waals surface area contributed by atoms with Crippen LogP contribution in [0.1, 0.15) is 16.8 Å². The van der Waals surface area contributed by atoms with Gasteiger partial charge in [-0.1, -0.05) is 34.8 Å². The van der Waals surface area contributed by atoms with Gasteiger partial charge in [0.1, 0.15) is 10.8 Å². The molecule has 0 saturated carbocycles. The minimum absolute atomic E-state index is 0.0984. The van der Waals surface area contributed by atoms with Gasteiger partial charge in [-0.05, 0) is 19.4 Å². The molecule has 28 heavy (non-hydrogen) atoms. The van der Waals surface area contributed by atoms with Crippen molar-refractivity contribution in [3.05, 3.63) is 58.2 Å². The highest BCUT2D eigenvalue weighted by atomic mass is 35.5. The summed E-state index contributed by atoms with van der Waals surface area (Å²) < 4.78 is 39.3. The molecule has 150 valence electrons. The molecule has 2 aromatic rings. The molecule has 1 N–H and O–H groups in total. The van der Waals surface area contributed by atoms with Crippen molar-refractivity contribution in [1.82, 2.24) is 4.98 Å². The second kappa shape index (κ2) is 7.57. The van der Waals surface area contributed by atoms with E-state index in [-0.39, 0.29) is 27.6 Å². The molecule has 2 rings (SSSR count). The van der Waals surface area contributed by atoms with Crippen molar-refractivity contribution >= 4 is 57.7 Å². The maximum Gasteiger partial charge on any atom is 0.418 e. The van der Waals surface area contributed by atoms with E-state index in [0.29, 0.717) is 5.56 Å². The number of nitro groups is 2. The van der Waals surface area contributed by atoms with Crippen LogP contribution in [-0.2, 0) is 6.18 Å². The van der Waals surface area contributed by atoms with E-state index in [1.807, 2.05) is 0 Å². The highest BCUT2D eigenvalue weighted by Crippen LogP contribution is 2.48. The number of alkyl halides is 3. The SMILES string of the molecule is Cc1nc(Nc2c([N+](=O)[O-])cc(C(F)(F)F)c(Cl)c2[N+](=O)[O-])c(Cl)c(C)c1Cl. The Hall–Kier alpha value is -2.37. The molecule has 0 saturated heterocycles. The van der Waals surface area contributed by atoms with Crippen molar-refractivity contribution in [2.45, 2.75) is 20.0 Å². The molecule has 0 aliphatic rings. The normalized spacial score (nSPS) is 11.4. The molecule has 0 spiro atoms. The van der Waals surface area contributed by atoms with Crippen LogP contribution in [0.5, 0.6) is 0 Å². The summed E-state index contributed by atoms with van der Waals surface area (Å²) in [5, 5.41) is 23.7. The van der Waals surface area contributed by atoms with Gasteiger partial charge < -0.3 is 5.32 Å². The number of hydrogen-bond acceptors (Lipinski definition) is 6. The lowest BCUT2D eigenvalue weighted by Gasteiger charge is -2.15. The Morgan fingerprint density at radius 1 is 1.04 bits per heavy atom. The Morgan fingerprint density at radius 3 is 2.07 bits per heavy atom. The number of aryl methyl sites for hydroxylation is 1. The first-order chi connectivity index (χ1) is 12.8. The lowest BCUT2D eigenvalue weighted by atomic mass is 10.1. The molecule has 0 bridgehead atoms. The van der Waals surface area contributed by atoms with Gasteiger partial charge in [-0.25, -0.2) is 4.98 Å². The summed E-state index contributed by atoms with van der Waals surface area (Å²) in [6, 6.07) is 0.0984. The zero-order chi connectivity index (χ0) is 21.5. The van der Waals surface area contributed by atoms with Crippen LogP contribution < -0.4 is 5.32 Å². The Bertz CT molecular complexity index is 1010. The second-order valence-electron chi connectivity index (χ2n) is 5.42. The van der Waals surface area contributed by atoms with Crippen LogP contribution in [0.15, 0.2) is 6.07 Å². The molecule has 0 amide bonds. The molecule has 1 aromatic carbocycles. The molecule has 0 fully saturated rings. The molecule has 0 unspecified atom stereocenters. The van der Waals surface area contributed by atoms with Crippen LogP contribution >= 0.6 is 34.8 Å². The second-order valence-corrected chi connectivity index (χ2v) is 6.55. The molecular weight excluding hydrogens is 452 g/mol. The van der Waals surface area contributed by atoms with Crippen LogP contribution in [0.3, 0.4) is 0 Å². The van der Waals surface area contributed by atoms with Gasteiger partial charge in [0.25, 0.3) is 0 Å². The number of benzene rings is 1. The van der Waals surface area contributed by atoms with E-state index in [1.54, 1.807) is 0 Å². The molecule has 14 heteroatoms. The van der Waals surface area contributed by atoms with Crippen molar-refractivity contribution < 1.29 is 23.0 Å². The van der Waals surface area contributed by atoms with Crippen molar-refractivity contribution in [3.63, 3.8) is 0 Å². The number of hydrogen-bond donors (Lipinski definition) is 1. The summed E-state index contributed by atoms with van der Waals surface area (Å²) in [6.07, 6.45) is -5.16. The smallest absolute Gasteiger partial charge is 0.328 e. The average Bonchev–Trinajstić information content (AvgIpc) is 2.56. The molecule has 1 heterocycles. The average molecular weight is 460 g/mol. The van der Waals surface area contributed by atoms with Crippen LogP contribution in [0.25, 0.3) is 0 Å². The van der Waals surface area contributed by atoms with E-state index in [0.717, 1.165) is 0 Å². The molecule has 0 radical (unpaired) electrons. The van der Waals surface area contributed by atoms with Gasteiger partial charge in [-0.3, -0.25) is 20.2 Å². The predicted octanol–water partition coefficient (Wildman–Crippen LogP) is 6.24. The van der Waals surface area contributed by atoms with E-state index in [1.165, 1.54) is 13.8 Å². The summed E-state index contributed by atoms with van der Waals surface area (Å²) in [5.41, 5.74) is -4.65. The van der Waals surface area contributed by atoms with Crippen LogP contribution in [-0.4, -0.2) is 14.8 Å². The van der Waals surface area contributed by atoms with E-state index < -0.39 is 43.7 Å². The first-order valence-corrected chi connectivity index (χ1v) is 8.22. The van der Waals surface area contributed by atoms with Crippen LogP contribution in [0.2, 0.25) is 15.1 Å². The Morgan fingerprint density at radius 2 is 1.61 bits per heavy atom. The lowest BCUT2D eigenvalue weighted by Crippen LogP contribution is -2.11. The van der Waals surface area contributed by atoms with Crippen LogP contribution in [0, 0.1) is 34.1 Å². The van der Waals surface area contributed by atoms with Crippen molar-refractivity contribution in [2.24, 2.45) is 0 Å². The van der Waals surface area contributed by atoms with E-state index in [4.69, 9.17) is 34.8 Å². The molecule has 0 atom stereocenters. The third-order valence-corrected chi connectivity index (χ3v) is 5.01. The number of anilines is 2. The van der Waals surface area contributed by atoms with E-state index in [2.05, 4.69) is 10.3 Å². The maximum atomic E-state index is 13.1. The number of pyridine rings is 1. The maximum absolute atomic E-state index is 13.1. The molecular formula is C14H8Cl3F3N4O4. The number of rotatable bonds is 4. The Balaban J connectivity index is 2.86. The summed E-state index contributed by atoms with van der Waals surface area (Å²) in [4.78, 5) is 24.1. The van der Waals surface area contributed by atoms with Crippen molar-refractivity contribution in [3.8, 4) is 0 Å². The number of nitrogens with one attached hydrogen (secondary N) is 1. The van der Waals surface area contributed by atoms with Gasteiger partial charge in [0, 0.05) is 6.07 Å². The topological polar surface area (TPSA) is 111 Å². The predicted molar refractivity (Wildman–Crippen MR) is 96.8 cm³/mol. The van der Waals surface area contributed by atoms with Gasteiger partial charge in [0.05, 0.1) is 31.1 Å². The zero-order valence-corrected chi connectivity index (χ0v) is 16.1. The number of aromatic nitrogens is 1. The Labute approximate surface area is 169 Å². The number of nitrogens with zero attached hydrogens (tertiary/aromatic N) is 3. The molecule has 0 aliphatic carbocycles. The third-order valence-electron chi connectivity index (χ3n) is 3.61. The summed E-state index contributed by atoms with van der Waals surface area (Å²) in [5.74, 6) is -0.275. The number of nitro benzene ring substituents is 2. The zero-order valence-electron chi connectivity index (χ0n) is 13.8. The fourth-order valence-electron chi connectivity index (χ4n) is 2.29. The van der Waals surface area contributed by atoms with E-state index >= 15 is 0 Å². The fraction of sp³-hybridized carbons (Fsp3) is 0.214. The van der Waals surface area contributed by atoms with Gasteiger partial charge in [-0.15, -0.1) is 0 Å². The minimum Gasteiger partial charge on any atom is -0.328 e. The van der Waals surface area contributed by atoms with Crippen LogP contribution in [0.4, 0.5) is 36.1 Å². The first-order valence-electron chi connectivity index (χ1n) is 7.09. The molecule has 1 aromatic heterocycles. The largest absolute Gasteiger partial charge is 0.418 e. The fourth-order valence-corrected chi connectivity index (χ4v) is 2.98. The lowest BCUT2D eigenvalue weighted by molar-refractivity contribution is -0.392. The highest BCUT2D eigenvalue weighted by Gasteiger charge is 2.42. The molecule has 8 nitrogen and oxygen atoms in total. The molecule has 0 aliphatic heterocycles. The van der Waals surface area contributed by atoms with Crippen molar-refractivity contribution in [1.29, 1.82) is 0 Å². The Kier molecular flexibility index (Phi) is 5.93. The minimum atomic E-state index is -5.16. The van der Waals surface area contributed by atoms with Gasteiger partial charge in [-0.2, -0.15) is 13.2 Å².